The number of para-hydroxylation sites is 1. The van der Waals surface area contributed by atoms with Gasteiger partial charge in [0.05, 0.1) is 31.9 Å². The van der Waals surface area contributed by atoms with Gasteiger partial charge in [0.25, 0.3) is 0 Å². The van der Waals surface area contributed by atoms with Crippen molar-refractivity contribution in [3.05, 3.63) is 59.1 Å². The largest absolute Gasteiger partial charge is 0.494 e. The second kappa shape index (κ2) is 10.1. The first-order chi connectivity index (χ1) is 17.8. The van der Waals surface area contributed by atoms with Crippen molar-refractivity contribution in [2.75, 3.05) is 14.2 Å². The van der Waals surface area contributed by atoms with Crippen molar-refractivity contribution in [3.63, 3.8) is 0 Å². The van der Waals surface area contributed by atoms with Crippen LogP contribution in [0.4, 0.5) is 4.39 Å². The number of ether oxygens (including phenoxy) is 2. The van der Waals surface area contributed by atoms with Gasteiger partial charge >= 0.3 is 0 Å². The van der Waals surface area contributed by atoms with Gasteiger partial charge in [-0.3, -0.25) is 4.57 Å². The third kappa shape index (κ3) is 4.80. The van der Waals surface area contributed by atoms with Crippen LogP contribution >= 0.6 is 11.3 Å². The average Bonchev–Trinajstić information content (AvgIpc) is 3.64. The van der Waals surface area contributed by atoms with Crippen LogP contribution in [0.25, 0.3) is 16.5 Å². The highest BCUT2D eigenvalue weighted by atomic mass is 32.2. The number of hydrogen-bond donors (Lipinski definition) is 0. The molecule has 1 aromatic carbocycles. The van der Waals surface area contributed by atoms with Crippen molar-refractivity contribution >= 4 is 21.2 Å². The van der Waals surface area contributed by atoms with Crippen LogP contribution in [0.1, 0.15) is 42.5 Å². The predicted octanol–water partition coefficient (Wildman–Crippen LogP) is 3.90. The van der Waals surface area contributed by atoms with Crippen LogP contribution < -0.4 is 9.47 Å². The van der Waals surface area contributed by atoms with Crippen molar-refractivity contribution in [3.8, 4) is 28.0 Å². The highest BCUT2D eigenvalue weighted by Crippen LogP contribution is 2.40. The van der Waals surface area contributed by atoms with E-state index in [-0.39, 0.29) is 11.6 Å². The summed E-state index contributed by atoms with van der Waals surface area (Å²) in [4.78, 5) is 12.7. The molecule has 3 heterocycles. The van der Waals surface area contributed by atoms with E-state index in [1.165, 1.54) is 25.6 Å². The molecular weight excluding hydrogens is 519 g/mol. The maximum Gasteiger partial charge on any atom is 0.197 e. The fraction of sp³-hybridized carbons (Fsp3) is 0.375. The molecule has 4 aromatic rings. The van der Waals surface area contributed by atoms with Gasteiger partial charge in [-0.1, -0.05) is 12.5 Å². The molecule has 13 heteroatoms. The Kier molecular flexibility index (Phi) is 6.90. The molecule has 2 atom stereocenters. The van der Waals surface area contributed by atoms with Gasteiger partial charge in [-0.05, 0) is 31.9 Å². The second-order valence-electron chi connectivity index (χ2n) is 8.72. The molecular formula is C24H25FN6O4S2. The summed E-state index contributed by atoms with van der Waals surface area (Å²) in [6, 6.07) is 5.29. The Balaban J connectivity index is 1.60. The Hall–Kier alpha value is -3.45. The van der Waals surface area contributed by atoms with Crippen LogP contribution in [0.5, 0.6) is 11.5 Å². The Bertz CT molecular complexity index is 1500. The molecule has 0 N–H and O–H groups in total. The molecule has 0 saturated heterocycles. The normalized spacial score (nSPS) is 17.7. The average molecular weight is 545 g/mol. The fourth-order valence-electron chi connectivity index (χ4n) is 4.74. The number of halogens is 1. The van der Waals surface area contributed by atoms with E-state index in [9.17, 15) is 12.8 Å². The minimum absolute atomic E-state index is 0.205. The molecule has 1 fully saturated rings. The molecule has 1 saturated carbocycles. The third-order valence-corrected chi connectivity index (χ3v) is 9.49. The highest BCUT2D eigenvalue weighted by Gasteiger charge is 2.41. The van der Waals surface area contributed by atoms with E-state index in [1.807, 2.05) is 12.3 Å². The Labute approximate surface area is 217 Å². The first-order valence-corrected chi connectivity index (χ1v) is 14.2. The van der Waals surface area contributed by atoms with E-state index in [1.54, 1.807) is 22.8 Å². The molecule has 0 aliphatic heterocycles. The standard InChI is InChI=1S/C24H25FN6O4S2/c1-14-12-36-24(28-14)23-30-29-20(31(23)21-17(34-2)7-5-8-18(21)35-3)13-37(32,33)19-9-4-6-16(19)22-26-10-15(25)11-27-22/h5,7-8,10-12,16,19H,4,6,9,13H2,1-3H3/t16-,19-/m1/s1. The molecule has 37 heavy (non-hydrogen) atoms. The van der Waals surface area contributed by atoms with Gasteiger partial charge in [-0.15, -0.1) is 21.5 Å². The lowest BCUT2D eigenvalue weighted by atomic mass is 10.1. The minimum atomic E-state index is -3.75. The van der Waals surface area contributed by atoms with Gasteiger partial charge in [0, 0.05) is 17.0 Å². The number of methoxy groups -OCH3 is 2. The number of benzene rings is 1. The number of rotatable bonds is 8. The van der Waals surface area contributed by atoms with Gasteiger partial charge in [0.2, 0.25) is 0 Å². The second-order valence-corrected chi connectivity index (χ2v) is 11.8. The van der Waals surface area contributed by atoms with Crippen LogP contribution in [0.3, 0.4) is 0 Å². The number of aromatic nitrogens is 6. The van der Waals surface area contributed by atoms with E-state index in [4.69, 9.17) is 9.47 Å². The van der Waals surface area contributed by atoms with Crippen molar-refractivity contribution in [2.24, 2.45) is 0 Å². The van der Waals surface area contributed by atoms with Crippen LogP contribution in [0.2, 0.25) is 0 Å². The van der Waals surface area contributed by atoms with Crippen LogP contribution in [-0.2, 0) is 15.6 Å². The van der Waals surface area contributed by atoms with Crippen molar-refractivity contribution in [1.29, 1.82) is 0 Å². The Morgan fingerprint density at radius 3 is 2.43 bits per heavy atom. The van der Waals surface area contributed by atoms with E-state index in [0.29, 0.717) is 53.1 Å². The highest BCUT2D eigenvalue weighted by molar-refractivity contribution is 7.91. The number of nitrogens with zero attached hydrogens (tertiary/aromatic N) is 6. The number of aryl methyl sites for hydroxylation is 1. The summed E-state index contributed by atoms with van der Waals surface area (Å²) in [5.74, 6) is 0.477. The maximum absolute atomic E-state index is 13.8. The van der Waals surface area contributed by atoms with Gasteiger partial charge in [0.1, 0.15) is 28.8 Å². The molecule has 0 spiro atoms. The van der Waals surface area contributed by atoms with Gasteiger partial charge in [-0.2, -0.15) is 0 Å². The summed E-state index contributed by atoms with van der Waals surface area (Å²) < 4.78 is 53.9. The van der Waals surface area contributed by atoms with Crippen LogP contribution in [0.15, 0.2) is 36.0 Å². The summed E-state index contributed by atoms with van der Waals surface area (Å²) in [5, 5.41) is 10.4. The Morgan fingerprint density at radius 2 is 1.81 bits per heavy atom. The molecule has 10 nitrogen and oxygen atoms in total. The summed E-state index contributed by atoms with van der Waals surface area (Å²) in [7, 11) is -0.698. The summed E-state index contributed by atoms with van der Waals surface area (Å²) >= 11 is 1.38. The number of sulfone groups is 1. The summed E-state index contributed by atoms with van der Waals surface area (Å²) in [6.45, 7) is 1.87. The molecule has 1 aliphatic carbocycles. The molecule has 0 bridgehead atoms. The minimum Gasteiger partial charge on any atom is -0.494 e. The zero-order valence-electron chi connectivity index (χ0n) is 20.5. The quantitative estimate of drug-likeness (QED) is 0.325. The fourth-order valence-corrected chi connectivity index (χ4v) is 7.56. The SMILES string of the molecule is COc1cccc(OC)c1-n1c(CS(=O)(=O)[C@@H]2CCC[C@H]2c2ncc(F)cn2)nnc1-c1nc(C)cs1. The van der Waals surface area contributed by atoms with Crippen molar-refractivity contribution in [1.82, 2.24) is 29.7 Å². The van der Waals surface area contributed by atoms with Gasteiger partial charge < -0.3 is 9.47 Å². The Morgan fingerprint density at radius 1 is 1.11 bits per heavy atom. The predicted molar refractivity (Wildman–Crippen MR) is 135 cm³/mol. The maximum atomic E-state index is 13.8. The van der Waals surface area contributed by atoms with E-state index in [0.717, 1.165) is 18.1 Å². The van der Waals surface area contributed by atoms with E-state index < -0.39 is 26.8 Å². The zero-order chi connectivity index (χ0) is 26.2. The lowest BCUT2D eigenvalue weighted by Gasteiger charge is -2.20. The van der Waals surface area contributed by atoms with E-state index >= 15 is 0 Å². The third-order valence-electron chi connectivity index (χ3n) is 6.38. The number of hydrogen-bond acceptors (Lipinski definition) is 10. The molecule has 5 rings (SSSR count). The smallest absolute Gasteiger partial charge is 0.197 e. The molecule has 194 valence electrons. The molecule has 1 aliphatic rings. The van der Waals surface area contributed by atoms with E-state index in [2.05, 4.69) is 25.1 Å². The topological polar surface area (TPSA) is 122 Å². The van der Waals surface area contributed by atoms with Crippen LogP contribution in [0, 0.1) is 12.7 Å². The molecule has 0 amide bonds. The monoisotopic (exact) mass is 544 g/mol. The summed E-state index contributed by atoms with van der Waals surface area (Å²) in [6.07, 6.45) is 3.89. The van der Waals surface area contributed by atoms with Gasteiger partial charge in [-0.25, -0.2) is 27.8 Å². The van der Waals surface area contributed by atoms with Crippen molar-refractivity contribution in [2.45, 2.75) is 43.1 Å². The molecule has 0 unspecified atom stereocenters. The van der Waals surface area contributed by atoms with Crippen LogP contribution in [-0.4, -0.2) is 57.6 Å². The molecule has 0 radical (unpaired) electrons. The number of thiazole rings is 1. The van der Waals surface area contributed by atoms with Crippen molar-refractivity contribution < 1.29 is 22.3 Å². The lowest BCUT2D eigenvalue weighted by Crippen LogP contribution is -2.27. The molecule has 3 aromatic heterocycles. The first kappa shape index (κ1) is 25.2. The van der Waals surface area contributed by atoms with Gasteiger partial charge in [0.15, 0.2) is 32.3 Å². The summed E-state index contributed by atoms with van der Waals surface area (Å²) in [5.41, 5.74) is 1.29. The lowest BCUT2D eigenvalue weighted by molar-refractivity contribution is 0.390. The zero-order valence-corrected chi connectivity index (χ0v) is 22.1. The first-order valence-electron chi connectivity index (χ1n) is 11.6.